The number of aromatic nitrogens is 5. The minimum Gasteiger partial charge on any atom is -0.452 e. The second-order valence-corrected chi connectivity index (χ2v) is 8.77. The lowest BCUT2D eigenvalue weighted by atomic mass is 10.1. The predicted octanol–water partition coefficient (Wildman–Crippen LogP) is 3.93. The third-order valence-electron chi connectivity index (χ3n) is 6.14. The number of pyridine rings is 1. The van der Waals surface area contributed by atoms with Gasteiger partial charge in [-0.2, -0.15) is 19.7 Å². The predicted molar refractivity (Wildman–Crippen MR) is 144 cm³/mol. The topological polar surface area (TPSA) is 181 Å². The highest BCUT2D eigenvalue weighted by Gasteiger charge is 2.26. The Kier molecular flexibility index (Phi) is 7.07. The van der Waals surface area contributed by atoms with Crippen LogP contribution in [0.1, 0.15) is 16.8 Å². The summed E-state index contributed by atoms with van der Waals surface area (Å²) in [4.78, 5) is 36.9. The van der Waals surface area contributed by atoms with Gasteiger partial charge in [0.1, 0.15) is 22.8 Å². The van der Waals surface area contributed by atoms with Crippen molar-refractivity contribution in [1.82, 2.24) is 24.7 Å². The number of nitro benzene ring substituents is 1. The van der Waals surface area contributed by atoms with Gasteiger partial charge >= 0.3 is 6.09 Å². The van der Waals surface area contributed by atoms with Crippen molar-refractivity contribution in [3.63, 3.8) is 0 Å². The number of amides is 1. The van der Waals surface area contributed by atoms with E-state index in [1.807, 2.05) is 0 Å². The second-order valence-electron chi connectivity index (χ2n) is 8.77. The molecule has 0 aliphatic heterocycles. The van der Waals surface area contributed by atoms with Gasteiger partial charge in [0.25, 0.3) is 11.6 Å². The van der Waals surface area contributed by atoms with Crippen molar-refractivity contribution in [2.75, 3.05) is 23.5 Å². The summed E-state index contributed by atoms with van der Waals surface area (Å²) in [5.41, 5.74) is 13.9. The van der Waals surface area contributed by atoms with E-state index in [1.165, 1.54) is 41.1 Å². The lowest BCUT2D eigenvalue weighted by Gasteiger charge is -2.23. The van der Waals surface area contributed by atoms with Gasteiger partial charge in [0.2, 0.25) is 0 Å². The summed E-state index contributed by atoms with van der Waals surface area (Å²) in [5, 5.41) is 15.4. The van der Waals surface area contributed by atoms with E-state index in [9.17, 15) is 23.7 Å². The fourth-order valence-electron chi connectivity index (χ4n) is 4.23. The summed E-state index contributed by atoms with van der Waals surface area (Å²) in [6.07, 6.45) is 0.211. The summed E-state index contributed by atoms with van der Waals surface area (Å²) in [6, 6.07) is 12.8. The Labute approximate surface area is 230 Å². The van der Waals surface area contributed by atoms with Crippen LogP contribution in [0, 0.1) is 21.7 Å². The number of ether oxygens (including phenoxy) is 1. The van der Waals surface area contributed by atoms with Gasteiger partial charge in [-0.05, 0) is 17.2 Å². The Morgan fingerprint density at radius 3 is 2.41 bits per heavy atom. The smallest absolute Gasteiger partial charge is 0.414 e. The molecule has 5 aromatic rings. The molecule has 13 nitrogen and oxygen atoms in total. The summed E-state index contributed by atoms with van der Waals surface area (Å²) in [7, 11) is 1.15. The van der Waals surface area contributed by atoms with Crippen molar-refractivity contribution in [1.29, 1.82) is 0 Å². The van der Waals surface area contributed by atoms with Gasteiger partial charge < -0.3 is 16.2 Å². The number of fused-ring (bicyclic) bond motifs is 1. The summed E-state index contributed by atoms with van der Waals surface area (Å²) >= 11 is 0. The molecule has 2 aromatic carbocycles. The first kappa shape index (κ1) is 26.9. The number of hydrogen-bond donors (Lipinski definition) is 2. The van der Waals surface area contributed by atoms with Crippen molar-refractivity contribution in [2.45, 2.75) is 13.0 Å². The zero-order chi connectivity index (χ0) is 29.3. The summed E-state index contributed by atoms with van der Waals surface area (Å²) < 4.78 is 34.6. The first-order chi connectivity index (χ1) is 19.7. The van der Waals surface area contributed by atoms with Gasteiger partial charge in [0.15, 0.2) is 11.6 Å². The highest BCUT2D eigenvalue weighted by molar-refractivity contribution is 5.95. The number of nitro groups is 1. The van der Waals surface area contributed by atoms with Crippen molar-refractivity contribution in [2.24, 2.45) is 0 Å². The molecule has 0 atom stereocenters. The number of nitrogen functional groups attached to an aromatic ring is 2. The van der Waals surface area contributed by atoms with Crippen LogP contribution in [0.15, 0.2) is 60.8 Å². The number of halogens is 2. The van der Waals surface area contributed by atoms with Gasteiger partial charge in [-0.3, -0.25) is 15.0 Å². The Hall–Kier alpha value is -5.73. The molecule has 208 valence electrons. The molecule has 41 heavy (non-hydrogen) atoms. The number of carbonyl (C=O) groups excluding carboxylic acids is 1. The van der Waals surface area contributed by atoms with E-state index in [0.717, 1.165) is 18.2 Å². The Morgan fingerprint density at radius 2 is 1.78 bits per heavy atom. The molecular weight excluding hydrogens is 540 g/mol. The third kappa shape index (κ3) is 5.27. The number of rotatable bonds is 7. The van der Waals surface area contributed by atoms with Crippen LogP contribution in [0.2, 0.25) is 0 Å². The molecule has 0 aliphatic carbocycles. The molecule has 0 saturated carbocycles. The van der Waals surface area contributed by atoms with Crippen LogP contribution in [0.25, 0.3) is 17.0 Å². The maximum Gasteiger partial charge on any atom is 0.414 e. The fourth-order valence-corrected chi connectivity index (χ4v) is 4.23. The van der Waals surface area contributed by atoms with Gasteiger partial charge in [-0.25, -0.2) is 18.6 Å². The molecule has 1 amide bonds. The monoisotopic (exact) mass is 561 g/mol. The first-order valence-corrected chi connectivity index (χ1v) is 11.9. The fraction of sp³-hybridized carbons (Fsp3) is 0.115. The maximum atomic E-state index is 14.4. The van der Waals surface area contributed by atoms with E-state index in [-0.39, 0.29) is 53.0 Å². The number of carbonyl (C=O) groups is 1. The zero-order valence-electron chi connectivity index (χ0n) is 21.4. The normalized spacial score (nSPS) is 11.0. The van der Waals surface area contributed by atoms with E-state index in [0.29, 0.717) is 16.8 Å². The number of hydrogen-bond acceptors (Lipinski definition) is 10. The molecule has 0 bridgehead atoms. The molecule has 4 N–H and O–H groups in total. The Balaban J connectivity index is 1.56. The van der Waals surface area contributed by atoms with Gasteiger partial charge in [-0.1, -0.05) is 30.3 Å². The number of nitrogens with zero attached hydrogens (tertiary/aromatic N) is 7. The minimum absolute atomic E-state index is 0.0449. The number of benzene rings is 2. The maximum absolute atomic E-state index is 14.4. The van der Waals surface area contributed by atoms with Crippen LogP contribution < -0.4 is 16.4 Å². The standard InChI is InChI=1S/C26H21F2N9O4/c1-41-26(38)35(13-14-6-8-17(9-7-14)37(39)40)22-23(29)32-25(33-24(22)30)36-20-11-16(27)12-31-21(20)19(34-36)10-15-4-2-3-5-18(15)28/h2-9,11-12H,10,13H2,1H3,(H4,29,30,32,33). The number of nitrogens with two attached hydrogens (primary N) is 2. The molecule has 5 rings (SSSR count). The zero-order valence-corrected chi connectivity index (χ0v) is 21.4. The highest BCUT2D eigenvalue weighted by Crippen LogP contribution is 2.32. The molecule has 3 aromatic heterocycles. The van der Waals surface area contributed by atoms with Gasteiger partial charge in [0, 0.05) is 24.6 Å². The third-order valence-corrected chi connectivity index (χ3v) is 6.14. The summed E-state index contributed by atoms with van der Waals surface area (Å²) in [6.45, 7) is -0.131. The van der Waals surface area contributed by atoms with Crippen LogP contribution in [-0.2, 0) is 17.7 Å². The van der Waals surface area contributed by atoms with Crippen LogP contribution in [-0.4, -0.2) is 42.9 Å². The van der Waals surface area contributed by atoms with Gasteiger partial charge in [-0.15, -0.1) is 0 Å². The number of anilines is 3. The van der Waals surface area contributed by atoms with Crippen molar-refractivity contribution in [3.8, 4) is 5.95 Å². The molecule has 0 spiro atoms. The second kappa shape index (κ2) is 10.8. The average molecular weight is 562 g/mol. The van der Waals surface area contributed by atoms with Crippen LogP contribution >= 0.6 is 0 Å². The molecule has 0 fully saturated rings. The van der Waals surface area contributed by atoms with Crippen LogP contribution in [0.3, 0.4) is 0 Å². The molecule has 3 heterocycles. The summed E-state index contributed by atoms with van der Waals surface area (Å²) in [5.74, 6) is -1.72. The van der Waals surface area contributed by atoms with Gasteiger partial charge in [0.05, 0.1) is 36.0 Å². The van der Waals surface area contributed by atoms with Crippen molar-refractivity contribution < 1.29 is 23.2 Å². The van der Waals surface area contributed by atoms with Crippen molar-refractivity contribution in [3.05, 3.63) is 99.4 Å². The first-order valence-electron chi connectivity index (χ1n) is 11.9. The Bertz CT molecular complexity index is 1770. The number of non-ortho nitro benzene ring substituents is 1. The number of methoxy groups -OCH3 is 1. The quantitative estimate of drug-likeness (QED) is 0.218. The van der Waals surface area contributed by atoms with Crippen molar-refractivity contribution >= 4 is 40.1 Å². The SMILES string of the molecule is COC(=O)N(Cc1ccc([N+](=O)[O-])cc1)c1c(N)nc(-n2nc(Cc3ccccc3F)c3ncc(F)cc32)nc1N. The van der Waals surface area contributed by atoms with E-state index < -0.39 is 22.7 Å². The molecule has 0 unspecified atom stereocenters. The van der Waals surface area contributed by atoms with Crippen LogP contribution in [0.4, 0.5) is 36.6 Å². The highest BCUT2D eigenvalue weighted by atomic mass is 19.1. The van der Waals surface area contributed by atoms with Crippen LogP contribution in [0.5, 0.6) is 0 Å². The molecule has 0 radical (unpaired) electrons. The molecule has 0 saturated heterocycles. The average Bonchev–Trinajstić information content (AvgIpc) is 3.30. The minimum atomic E-state index is -0.846. The van der Waals surface area contributed by atoms with E-state index in [1.54, 1.807) is 18.2 Å². The Morgan fingerprint density at radius 1 is 1.10 bits per heavy atom. The largest absolute Gasteiger partial charge is 0.452 e. The molecule has 15 heteroatoms. The van der Waals surface area contributed by atoms with E-state index >= 15 is 0 Å². The van der Waals surface area contributed by atoms with E-state index in [4.69, 9.17) is 16.2 Å². The molecule has 0 aliphatic rings. The lowest BCUT2D eigenvalue weighted by molar-refractivity contribution is -0.384. The molecular formula is C26H21F2N9O4. The lowest BCUT2D eigenvalue weighted by Crippen LogP contribution is -2.32. The van der Waals surface area contributed by atoms with E-state index in [2.05, 4.69) is 20.1 Å².